The third-order valence-corrected chi connectivity index (χ3v) is 9.19. The second-order valence-corrected chi connectivity index (χ2v) is 12.7. The number of anilines is 1. The van der Waals surface area contributed by atoms with Gasteiger partial charge in [-0.2, -0.15) is 13.2 Å². The maximum absolute atomic E-state index is 14.0. The number of nitrogens with zero attached hydrogens (tertiary/aromatic N) is 2. The first-order valence-corrected chi connectivity index (χ1v) is 15.7. The van der Waals surface area contributed by atoms with Gasteiger partial charge in [-0.15, -0.1) is 0 Å². The van der Waals surface area contributed by atoms with Crippen molar-refractivity contribution in [3.05, 3.63) is 92.9 Å². The largest absolute Gasteiger partial charge is 0.416 e. The molecule has 1 atom stereocenters. The predicted octanol–water partition coefficient (Wildman–Crippen LogP) is 7.19. The van der Waals surface area contributed by atoms with Gasteiger partial charge < -0.3 is 10.2 Å². The molecule has 0 aliphatic rings. The molecule has 3 rings (SSSR count). The number of carbonyl (C=O) groups excluding carboxylic acids is 2. The van der Waals surface area contributed by atoms with Crippen molar-refractivity contribution >= 4 is 62.3 Å². The predicted molar refractivity (Wildman–Crippen MR) is 162 cm³/mol. The molecule has 0 saturated carbocycles. The van der Waals surface area contributed by atoms with E-state index in [9.17, 15) is 31.2 Å². The van der Waals surface area contributed by atoms with Crippen molar-refractivity contribution in [3.8, 4) is 0 Å². The highest BCUT2D eigenvalue weighted by Crippen LogP contribution is 2.37. The summed E-state index contributed by atoms with van der Waals surface area (Å²) < 4.78 is 69.1. The van der Waals surface area contributed by atoms with E-state index in [1.807, 2.05) is 6.92 Å². The molecule has 0 saturated heterocycles. The van der Waals surface area contributed by atoms with Crippen LogP contribution in [0.4, 0.5) is 18.9 Å². The third-order valence-electron chi connectivity index (χ3n) is 6.50. The van der Waals surface area contributed by atoms with Crippen LogP contribution in [0.25, 0.3) is 0 Å². The number of rotatable bonds is 12. The van der Waals surface area contributed by atoms with Crippen LogP contribution in [-0.2, 0) is 32.3 Å². The highest BCUT2D eigenvalue weighted by Gasteiger charge is 2.36. The zero-order valence-corrected chi connectivity index (χ0v) is 26.3. The highest BCUT2D eigenvalue weighted by molar-refractivity contribution is 7.92. The number of hydrogen-bond donors (Lipinski definition) is 1. The summed E-state index contributed by atoms with van der Waals surface area (Å²) in [5, 5.41) is 2.93. The van der Waals surface area contributed by atoms with Crippen LogP contribution in [0.15, 0.2) is 71.6 Å². The molecule has 0 aromatic heterocycles. The molecule has 3 aromatic carbocycles. The summed E-state index contributed by atoms with van der Waals surface area (Å²) in [7, 11) is -4.63. The first kappa shape index (κ1) is 34.5. The lowest BCUT2D eigenvalue weighted by Crippen LogP contribution is -2.51. The molecule has 0 radical (unpaired) electrons. The lowest BCUT2D eigenvalue weighted by molar-refractivity contribution is -0.139. The van der Waals surface area contributed by atoms with Gasteiger partial charge in [0.05, 0.1) is 21.2 Å². The monoisotopic (exact) mass is 677 g/mol. The van der Waals surface area contributed by atoms with E-state index in [2.05, 4.69) is 5.32 Å². The van der Waals surface area contributed by atoms with E-state index < -0.39 is 51.9 Å². The van der Waals surface area contributed by atoms with Crippen LogP contribution in [-0.4, -0.2) is 44.3 Å². The van der Waals surface area contributed by atoms with Crippen LogP contribution >= 0.6 is 34.8 Å². The van der Waals surface area contributed by atoms with Gasteiger partial charge in [0.25, 0.3) is 10.0 Å². The summed E-state index contributed by atoms with van der Waals surface area (Å²) in [4.78, 5) is 27.8. The van der Waals surface area contributed by atoms with Gasteiger partial charge in [0, 0.05) is 23.1 Å². The van der Waals surface area contributed by atoms with Crippen molar-refractivity contribution in [3.63, 3.8) is 0 Å². The Kier molecular flexibility index (Phi) is 11.8. The molecule has 0 aliphatic carbocycles. The normalized spacial score (nSPS) is 12.5. The van der Waals surface area contributed by atoms with Crippen LogP contribution < -0.4 is 9.62 Å². The molecule has 3 aromatic rings. The summed E-state index contributed by atoms with van der Waals surface area (Å²) in [5.41, 5.74) is -1.32. The lowest BCUT2D eigenvalue weighted by atomic mass is 10.1. The van der Waals surface area contributed by atoms with E-state index in [-0.39, 0.29) is 21.5 Å². The average molecular weight is 679 g/mol. The molecule has 0 fully saturated rings. The van der Waals surface area contributed by atoms with Gasteiger partial charge >= 0.3 is 6.18 Å². The molecule has 43 heavy (non-hydrogen) atoms. The van der Waals surface area contributed by atoms with Gasteiger partial charge in [-0.3, -0.25) is 13.9 Å². The number of nitrogens with one attached hydrogen (secondary N) is 1. The Morgan fingerprint density at radius 2 is 1.63 bits per heavy atom. The molecule has 232 valence electrons. The number of halogens is 6. The Morgan fingerprint density at radius 3 is 2.23 bits per heavy atom. The molecule has 0 heterocycles. The molecule has 7 nitrogen and oxygen atoms in total. The maximum atomic E-state index is 14.0. The first-order valence-electron chi connectivity index (χ1n) is 13.1. The van der Waals surface area contributed by atoms with Crippen molar-refractivity contribution in [2.24, 2.45) is 0 Å². The topological polar surface area (TPSA) is 86.8 Å². The third kappa shape index (κ3) is 8.78. The minimum Gasteiger partial charge on any atom is -0.354 e. The fourth-order valence-electron chi connectivity index (χ4n) is 4.07. The van der Waals surface area contributed by atoms with Crippen molar-refractivity contribution in [2.45, 2.75) is 50.3 Å². The smallest absolute Gasteiger partial charge is 0.354 e. The van der Waals surface area contributed by atoms with E-state index in [0.29, 0.717) is 40.0 Å². The Labute approximate surface area is 263 Å². The van der Waals surface area contributed by atoms with E-state index in [1.165, 1.54) is 43.3 Å². The van der Waals surface area contributed by atoms with Gasteiger partial charge in [-0.05, 0) is 61.4 Å². The second-order valence-electron chi connectivity index (χ2n) is 9.57. The van der Waals surface area contributed by atoms with Gasteiger partial charge in [0.1, 0.15) is 12.6 Å². The summed E-state index contributed by atoms with van der Waals surface area (Å²) in [6, 6.07) is 12.5. The summed E-state index contributed by atoms with van der Waals surface area (Å²) in [6.07, 6.45) is -3.33. The van der Waals surface area contributed by atoms with Crippen LogP contribution in [0.3, 0.4) is 0 Å². The van der Waals surface area contributed by atoms with E-state index >= 15 is 0 Å². The maximum Gasteiger partial charge on any atom is 0.416 e. The molecular formula is C29H29Cl3F3N3O4S. The molecule has 0 spiro atoms. The van der Waals surface area contributed by atoms with Crippen LogP contribution in [0.5, 0.6) is 0 Å². The molecule has 0 unspecified atom stereocenters. The summed E-state index contributed by atoms with van der Waals surface area (Å²) >= 11 is 18.6. The number of unbranched alkanes of at least 4 members (excludes halogenated alkanes) is 1. The van der Waals surface area contributed by atoms with Crippen molar-refractivity contribution in [2.75, 3.05) is 17.4 Å². The van der Waals surface area contributed by atoms with Crippen molar-refractivity contribution < 1.29 is 31.2 Å². The Bertz CT molecular complexity index is 1560. The quantitative estimate of drug-likeness (QED) is 0.206. The Hall–Kier alpha value is -2.99. The van der Waals surface area contributed by atoms with E-state index in [0.717, 1.165) is 17.4 Å². The van der Waals surface area contributed by atoms with Crippen LogP contribution in [0.2, 0.25) is 15.1 Å². The number of amides is 2. The number of sulfonamides is 1. The number of carbonyl (C=O) groups is 2. The van der Waals surface area contributed by atoms with Gasteiger partial charge in [0.15, 0.2) is 0 Å². The number of alkyl halides is 3. The standard InChI is InChI=1S/C29H29Cl3F3N3O4S/c1-3-4-14-36-28(40)19(2)37(17-20-10-12-22(30)16-25(20)32)27(39)18-38(43(41,42)23-8-6-5-7-9-23)26-15-21(29(33,34)35)11-13-24(26)31/h5-13,15-16,19H,3-4,14,17-18H2,1-2H3,(H,36,40)/t19-/m0/s1. The molecule has 14 heteroatoms. The van der Waals surface area contributed by atoms with Crippen LogP contribution in [0, 0.1) is 0 Å². The highest BCUT2D eigenvalue weighted by atomic mass is 35.5. The molecule has 0 aliphatic heterocycles. The summed E-state index contributed by atoms with van der Waals surface area (Å²) in [6.45, 7) is 2.53. The molecule has 0 bridgehead atoms. The Morgan fingerprint density at radius 1 is 0.953 bits per heavy atom. The second kappa shape index (κ2) is 14.7. The van der Waals surface area contributed by atoms with Crippen LogP contribution in [0.1, 0.15) is 37.8 Å². The Balaban J connectivity index is 2.12. The minimum atomic E-state index is -4.83. The average Bonchev–Trinajstić information content (AvgIpc) is 2.95. The summed E-state index contributed by atoms with van der Waals surface area (Å²) in [5.74, 6) is -1.40. The number of hydrogen-bond acceptors (Lipinski definition) is 4. The van der Waals surface area contributed by atoms with Gasteiger partial charge in [-0.1, -0.05) is 72.4 Å². The lowest BCUT2D eigenvalue weighted by Gasteiger charge is -2.32. The minimum absolute atomic E-state index is 0.193. The number of benzene rings is 3. The van der Waals surface area contributed by atoms with E-state index in [4.69, 9.17) is 34.8 Å². The molecule has 1 N–H and O–H groups in total. The zero-order chi connectivity index (χ0) is 31.9. The van der Waals surface area contributed by atoms with Crippen molar-refractivity contribution in [1.82, 2.24) is 10.2 Å². The fourth-order valence-corrected chi connectivity index (χ4v) is 6.25. The fraction of sp³-hybridized carbons (Fsp3) is 0.310. The van der Waals surface area contributed by atoms with Crippen molar-refractivity contribution in [1.29, 1.82) is 0 Å². The van der Waals surface area contributed by atoms with Gasteiger partial charge in [-0.25, -0.2) is 8.42 Å². The first-order chi connectivity index (χ1) is 20.2. The zero-order valence-electron chi connectivity index (χ0n) is 23.2. The van der Waals surface area contributed by atoms with Gasteiger partial charge in [0.2, 0.25) is 11.8 Å². The SMILES string of the molecule is CCCCNC(=O)[C@H](C)N(Cc1ccc(Cl)cc1Cl)C(=O)CN(c1cc(C(F)(F)F)ccc1Cl)S(=O)(=O)c1ccccc1. The molecular weight excluding hydrogens is 650 g/mol. The molecule has 2 amide bonds. The van der Waals surface area contributed by atoms with E-state index in [1.54, 1.807) is 12.1 Å².